The number of fused-ring (bicyclic) bond motifs is 1. The molecule has 1 heterocycles. The Morgan fingerprint density at radius 3 is 2.74 bits per heavy atom. The van der Waals surface area contributed by atoms with Gasteiger partial charge in [-0.2, -0.15) is 0 Å². The van der Waals surface area contributed by atoms with Gasteiger partial charge in [-0.15, -0.1) is 0 Å². The average molecular weight is 390 g/mol. The van der Waals surface area contributed by atoms with Gasteiger partial charge >= 0.3 is 6.03 Å². The van der Waals surface area contributed by atoms with Gasteiger partial charge in [0, 0.05) is 10.7 Å². The van der Waals surface area contributed by atoms with Crippen LogP contribution in [0.5, 0.6) is 11.5 Å². The predicted octanol–water partition coefficient (Wildman–Crippen LogP) is 4.35. The SMILES string of the molecule is COc1ccc(Cl)cc1NC(=O)Nc1ccc2c(c1)NC(=O)C(C)(C)CO2. The summed E-state index contributed by atoms with van der Waals surface area (Å²) in [5.41, 5.74) is 0.794. The quantitative estimate of drug-likeness (QED) is 0.728. The van der Waals surface area contributed by atoms with Crippen LogP contribution in [0, 0.1) is 5.41 Å². The number of nitrogens with one attached hydrogen (secondary N) is 3. The minimum absolute atomic E-state index is 0.147. The first-order valence-corrected chi connectivity index (χ1v) is 8.66. The number of benzene rings is 2. The summed E-state index contributed by atoms with van der Waals surface area (Å²) in [5, 5.41) is 8.70. The molecule has 3 rings (SSSR count). The number of hydrogen-bond acceptors (Lipinski definition) is 4. The Morgan fingerprint density at radius 1 is 1.22 bits per heavy atom. The lowest BCUT2D eigenvalue weighted by atomic mass is 9.94. The van der Waals surface area contributed by atoms with E-state index in [1.165, 1.54) is 7.11 Å². The Balaban J connectivity index is 1.75. The molecule has 8 heteroatoms. The molecule has 0 atom stereocenters. The molecule has 2 aromatic rings. The van der Waals surface area contributed by atoms with Crippen LogP contribution in [-0.4, -0.2) is 25.7 Å². The number of urea groups is 1. The summed E-state index contributed by atoms with van der Waals surface area (Å²) in [6.45, 7) is 3.88. The van der Waals surface area contributed by atoms with Gasteiger partial charge in [0.2, 0.25) is 5.91 Å². The highest BCUT2D eigenvalue weighted by Crippen LogP contribution is 2.34. The van der Waals surface area contributed by atoms with Gasteiger partial charge in [-0.25, -0.2) is 4.79 Å². The molecule has 3 amide bonds. The molecule has 1 aliphatic rings. The molecule has 3 N–H and O–H groups in total. The third kappa shape index (κ3) is 4.25. The zero-order chi connectivity index (χ0) is 19.6. The molecule has 0 unspecified atom stereocenters. The summed E-state index contributed by atoms with van der Waals surface area (Å²) >= 11 is 5.97. The molecular weight excluding hydrogens is 370 g/mol. The minimum atomic E-state index is -0.646. The molecule has 7 nitrogen and oxygen atoms in total. The summed E-state index contributed by atoms with van der Waals surface area (Å²) < 4.78 is 10.9. The van der Waals surface area contributed by atoms with Crippen LogP contribution in [0.2, 0.25) is 5.02 Å². The van der Waals surface area contributed by atoms with E-state index in [0.717, 1.165) is 0 Å². The lowest BCUT2D eigenvalue weighted by Crippen LogP contribution is -2.33. The van der Waals surface area contributed by atoms with Crippen LogP contribution >= 0.6 is 11.6 Å². The van der Waals surface area contributed by atoms with Crippen LogP contribution < -0.4 is 25.4 Å². The standard InChI is InChI=1S/C19H20ClN3O4/c1-19(2)10-27-16-7-5-12(9-14(16)22-17(19)24)21-18(25)23-13-8-11(20)4-6-15(13)26-3/h4-9H,10H2,1-3H3,(H,22,24)(H2,21,23,25). The first-order valence-electron chi connectivity index (χ1n) is 8.28. The maximum atomic E-state index is 12.3. The van der Waals surface area contributed by atoms with Crippen molar-refractivity contribution in [2.75, 3.05) is 29.7 Å². The van der Waals surface area contributed by atoms with Crippen molar-refractivity contribution in [3.63, 3.8) is 0 Å². The van der Waals surface area contributed by atoms with E-state index in [4.69, 9.17) is 21.1 Å². The van der Waals surface area contributed by atoms with Gasteiger partial charge < -0.3 is 25.4 Å². The van der Waals surface area contributed by atoms with Crippen molar-refractivity contribution in [1.82, 2.24) is 0 Å². The number of ether oxygens (including phenoxy) is 2. The lowest BCUT2D eigenvalue weighted by Gasteiger charge is -2.18. The minimum Gasteiger partial charge on any atom is -0.495 e. The highest BCUT2D eigenvalue weighted by atomic mass is 35.5. The summed E-state index contributed by atoms with van der Waals surface area (Å²) in [5.74, 6) is 0.891. The number of anilines is 3. The largest absolute Gasteiger partial charge is 0.495 e. The second-order valence-electron chi connectivity index (χ2n) is 6.76. The number of carbonyl (C=O) groups is 2. The fourth-order valence-electron chi connectivity index (χ4n) is 2.51. The van der Waals surface area contributed by atoms with E-state index < -0.39 is 11.4 Å². The van der Waals surface area contributed by atoms with Crippen molar-refractivity contribution in [3.05, 3.63) is 41.4 Å². The van der Waals surface area contributed by atoms with Crippen LogP contribution in [0.3, 0.4) is 0 Å². The van der Waals surface area contributed by atoms with E-state index in [1.807, 2.05) is 0 Å². The van der Waals surface area contributed by atoms with E-state index in [2.05, 4.69) is 16.0 Å². The first-order chi connectivity index (χ1) is 12.8. The first kappa shape index (κ1) is 18.8. The Bertz CT molecular complexity index is 899. The van der Waals surface area contributed by atoms with Gasteiger partial charge in [0.25, 0.3) is 0 Å². The molecule has 0 aromatic heterocycles. The number of hydrogen-bond donors (Lipinski definition) is 3. The molecule has 142 valence electrons. The molecule has 0 radical (unpaired) electrons. The normalized spacial score (nSPS) is 14.9. The second kappa shape index (κ2) is 7.36. The van der Waals surface area contributed by atoms with Crippen molar-refractivity contribution >= 4 is 40.6 Å². The maximum absolute atomic E-state index is 12.3. The van der Waals surface area contributed by atoms with E-state index in [9.17, 15) is 9.59 Å². The molecule has 27 heavy (non-hydrogen) atoms. The lowest BCUT2D eigenvalue weighted by molar-refractivity contribution is -0.124. The van der Waals surface area contributed by atoms with Gasteiger partial charge in [0.05, 0.1) is 23.9 Å². The summed E-state index contributed by atoms with van der Waals surface area (Å²) in [6, 6.07) is 9.48. The van der Waals surface area contributed by atoms with E-state index in [0.29, 0.717) is 33.6 Å². The Labute approximate surface area is 162 Å². The number of carbonyl (C=O) groups excluding carboxylic acids is 2. The van der Waals surface area contributed by atoms with Crippen LogP contribution in [0.15, 0.2) is 36.4 Å². The van der Waals surface area contributed by atoms with Gasteiger partial charge in [-0.1, -0.05) is 11.6 Å². The Hall–Kier alpha value is -2.93. The zero-order valence-corrected chi connectivity index (χ0v) is 15.9. The molecule has 2 aromatic carbocycles. The second-order valence-corrected chi connectivity index (χ2v) is 7.20. The molecule has 0 spiro atoms. The van der Waals surface area contributed by atoms with Gasteiger partial charge in [0.1, 0.15) is 18.1 Å². The van der Waals surface area contributed by atoms with Crippen LogP contribution in [0.1, 0.15) is 13.8 Å². The highest BCUT2D eigenvalue weighted by molar-refractivity contribution is 6.31. The van der Waals surface area contributed by atoms with Crippen molar-refractivity contribution in [1.29, 1.82) is 0 Å². The monoisotopic (exact) mass is 389 g/mol. The molecule has 0 fully saturated rings. The van der Waals surface area contributed by atoms with Crippen LogP contribution in [-0.2, 0) is 4.79 Å². The van der Waals surface area contributed by atoms with Gasteiger partial charge in [0.15, 0.2) is 0 Å². The third-order valence-corrected chi connectivity index (χ3v) is 4.33. The van der Waals surface area contributed by atoms with Crippen molar-refractivity contribution < 1.29 is 19.1 Å². The van der Waals surface area contributed by atoms with Crippen molar-refractivity contribution in [2.45, 2.75) is 13.8 Å². The molecule has 0 saturated carbocycles. The highest BCUT2D eigenvalue weighted by Gasteiger charge is 2.32. The number of halogens is 1. The van der Waals surface area contributed by atoms with Crippen LogP contribution in [0.25, 0.3) is 0 Å². The van der Waals surface area contributed by atoms with Gasteiger partial charge in [-0.3, -0.25) is 4.79 Å². The predicted molar refractivity (Wildman–Crippen MR) is 105 cm³/mol. The average Bonchev–Trinajstić information content (AvgIpc) is 2.71. The fourth-order valence-corrected chi connectivity index (χ4v) is 2.68. The molecule has 0 bridgehead atoms. The van der Waals surface area contributed by atoms with Gasteiger partial charge in [-0.05, 0) is 50.2 Å². The molecule has 0 aliphatic carbocycles. The summed E-state index contributed by atoms with van der Waals surface area (Å²) in [7, 11) is 1.50. The van der Waals surface area contributed by atoms with E-state index in [-0.39, 0.29) is 12.5 Å². The fraction of sp³-hybridized carbons (Fsp3) is 0.263. The Morgan fingerprint density at radius 2 is 2.00 bits per heavy atom. The van der Waals surface area contributed by atoms with E-state index in [1.54, 1.807) is 50.2 Å². The summed E-state index contributed by atoms with van der Waals surface area (Å²) in [4.78, 5) is 24.6. The van der Waals surface area contributed by atoms with Crippen molar-refractivity contribution in [2.24, 2.45) is 5.41 Å². The van der Waals surface area contributed by atoms with Crippen molar-refractivity contribution in [3.8, 4) is 11.5 Å². The molecule has 1 aliphatic heterocycles. The maximum Gasteiger partial charge on any atom is 0.323 e. The third-order valence-electron chi connectivity index (χ3n) is 4.10. The summed E-state index contributed by atoms with van der Waals surface area (Å²) in [6.07, 6.45) is 0. The smallest absolute Gasteiger partial charge is 0.323 e. The van der Waals surface area contributed by atoms with E-state index >= 15 is 0 Å². The molecular formula is C19H20ClN3O4. The molecule has 0 saturated heterocycles. The topological polar surface area (TPSA) is 88.7 Å². The van der Waals surface area contributed by atoms with Crippen LogP contribution in [0.4, 0.5) is 21.9 Å². The Kier molecular flexibility index (Phi) is 5.14. The number of amides is 3. The number of rotatable bonds is 3. The zero-order valence-electron chi connectivity index (χ0n) is 15.2. The number of methoxy groups -OCH3 is 1.